The number of benzene rings is 2. The van der Waals surface area contributed by atoms with Crippen LogP contribution in [0.1, 0.15) is 37.8 Å². The van der Waals surface area contributed by atoms with Gasteiger partial charge in [-0.15, -0.1) is 0 Å². The summed E-state index contributed by atoms with van der Waals surface area (Å²) in [6.45, 7) is 4.44. The fraction of sp³-hybridized carbons (Fsp3) is 0.300. The lowest BCUT2D eigenvalue weighted by molar-refractivity contribution is 0.861. The van der Waals surface area contributed by atoms with E-state index in [1.807, 2.05) is 30.3 Å². The van der Waals surface area contributed by atoms with E-state index >= 15 is 0 Å². The van der Waals surface area contributed by atoms with Gasteiger partial charge < -0.3 is 0 Å². The van der Waals surface area contributed by atoms with Crippen molar-refractivity contribution in [3.05, 3.63) is 59.7 Å². The zero-order valence-electron chi connectivity index (χ0n) is 13.5. The molecule has 22 heavy (non-hydrogen) atoms. The fourth-order valence-electron chi connectivity index (χ4n) is 2.46. The number of rotatable bonds is 7. The Kier molecular flexibility index (Phi) is 6.56. The molecule has 2 heteroatoms. The van der Waals surface area contributed by atoms with E-state index in [0.29, 0.717) is 0 Å². The largest absolute Gasteiger partial charge is 0.255 e. The third kappa shape index (κ3) is 4.96. The molecule has 0 heterocycles. The highest BCUT2D eigenvalue weighted by molar-refractivity contribution is 6.17. The molecule has 114 valence electrons. The van der Waals surface area contributed by atoms with Gasteiger partial charge in [-0.25, -0.2) is 0 Å². The predicted molar refractivity (Wildman–Crippen MR) is 97.2 cm³/mol. The number of nitrogens with zero attached hydrogens (tertiary/aromatic N) is 2. The highest BCUT2D eigenvalue weighted by atomic mass is 14.8. The van der Waals surface area contributed by atoms with Crippen molar-refractivity contribution in [1.82, 2.24) is 0 Å². The minimum atomic E-state index is 0.943. The van der Waals surface area contributed by atoms with Crippen molar-refractivity contribution < 1.29 is 0 Å². The summed E-state index contributed by atoms with van der Waals surface area (Å²) in [6.07, 6.45) is 8.13. The molecule has 0 aliphatic carbocycles. The maximum atomic E-state index is 4.49. The summed E-state index contributed by atoms with van der Waals surface area (Å²) in [4.78, 5) is 8.84. The highest BCUT2D eigenvalue weighted by Gasteiger charge is 2.02. The Bertz CT molecular complexity index is 627. The molecular weight excluding hydrogens is 268 g/mol. The van der Waals surface area contributed by atoms with Crippen LogP contribution >= 0.6 is 0 Å². The molecule has 0 fully saturated rings. The third-order valence-corrected chi connectivity index (χ3v) is 3.50. The molecule has 2 rings (SSSR count). The molecule has 0 saturated carbocycles. The second-order valence-electron chi connectivity index (χ2n) is 5.34. The first-order chi connectivity index (χ1) is 10.8. The first-order valence-electron chi connectivity index (χ1n) is 8.07. The van der Waals surface area contributed by atoms with Crippen molar-refractivity contribution in [3.63, 3.8) is 0 Å². The quantitative estimate of drug-likeness (QED) is 0.585. The number of hydrogen-bond acceptors (Lipinski definition) is 2. The maximum absolute atomic E-state index is 4.49. The summed E-state index contributed by atoms with van der Waals surface area (Å²) < 4.78 is 0. The van der Waals surface area contributed by atoms with Gasteiger partial charge in [0.05, 0.1) is 11.4 Å². The summed E-state index contributed by atoms with van der Waals surface area (Å²) in [5, 5.41) is 0. The van der Waals surface area contributed by atoms with Gasteiger partial charge in [-0.3, -0.25) is 9.98 Å². The van der Waals surface area contributed by atoms with Crippen LogP contribution in [-0.4, -0.2) is 12.4 Å². The molecule has 0 unspecified atom stereocenters. The van der Waals surface area contributed by atoms with E-state index < -0.39 is 0 Å². The van der Waals surface area contributed by atoms with Crippen LogP contribution < -0.4 is 0 Å². The summed E-state index contributed by atoms with van der Waals surface area (Å²) in [7, 11) is 0. The lowest BCUT2D eigenvalue weighted by atomic mass is 9.99. The lowest BCUT2D eigenvalue weighted by Crippen LogP contribution is -1.93. The van der Waals surface area contributed by atoms with E-state index in [1.54, 1.807) is 12.4 Å². The fourth-order valence-corrected chi connectivity index (χ4v) is 2.46. The molecular formula is C20H24N2. The van der Waals surface area contributed by atoms with Crippen molar-refractivity contribution in [2.24, 2.45) is 9.98 Å². The molecule has 2 aromatic carbocycles. The molecule has 0 atom stereocenters. The average molecular weight is 292 g/mol. The second-order valence-corrected chi connectivity index (χ2v) is 5.34. The Morgan fingerprint density at radius 2 is 1.36 bits per heavy atom. The average Bonchev–Trinajstić information content (AvgIpc) is 2.55. The first kappa shape index (κ1) is 16.2. The van der Waals surface area contributed by atoms with Gasteiger partial charge in [0, 0.05) is 12.4 Å². The van der Waals surface area contributed by atoms with Crippen LogP contribution in [0.15, 0.2) is 58.5 Å². The van der Waals surface area contributed by atoms with Gasteiger partial charge in [-0.05, 0) is 48.2 Å². The van der Waals surface area contributed by atoms with Gasteiger partial charge >= 0.3 is 0 Å². The molecule has 0 aromatic heterocycles. The number of hydrogen-bond donors (Lipinski definition) is 0. The normalized spacial score (nSPS) is 11.5. The van der Waals surface area contributed by atoms with Crippen molar-refractivity contribution >= 4 is 23.8 Å². The van der Waals surface area contributed by atoms with E-state index in [1.165, 1.54) is 24.0 Å². The summed E-state index contributed by atoms with van der Waals surface area (Å²) >= 11 is 0. The molecule has 2 aromatic rings. The number of aryl methyl sites for hydroxylation is 2. The van der Waals surface area contributed by atoms with Gasteiger partial charge in [-0.2, -0.15) is 0 Å². The van der Waals surface area contributed by atoms with Crippen LogP contribution in [0.3, 0.4) is 0 Å². The Hall–Kier alpha value is -2.22. The summed E-state index contributed by atoms with van der Waals surface area (Å²) in [5.41, 5.74) is 4.84. The van der Waals surface area contributed by atoms with Crippen LogP contribution in [-0.2, 0) is 12.8 Å². The predicted octanol–water partition coefficient (Wildman–Crippen LogP) is 5.70. The molecule has 0 amide bonds. The van der Waals surface area contributed by atoms with Gasteiger partial charge in [0.25, 0.3) is 0 Å². The van der Waals surface area contributed by atoms with Gasteiger partial charge in [0.1, 0.15) is 0 Å². The van der Waals surface area contributed by atoms with Crippen LogP contribution in [0.4, 0.5) is 11.4 Å². The van der Waals surface area contributed by atoms with Gasteiger partial charge in [-0.1, -0.05) is 51.0 Å². The topological polar surface area (TPSA) is 24.7 Å². The van der Waals surface area contributed by atoms with E-state index in [-0.39, 0.29) is 0 Å². The minimum absolute atomic E-state index is 0.943. The molecule has 0 aliphatic rings. The Morgan fingerprint density at radius 1 is 0.727 bits per heavy atom. The van der Waals surface area contributed by atoms with E-state index in [2.05, 4.69) is 42.0 Å². The molecule has 0 radical (unpaired) electrons. The summed E-state index contributed by atoms with van der Waals surface area (Å²) in [6, 6.07) is 16.4. The van der Waals surface area contributed by atoms with Crippen LogP contribution in [0.5, 0.6) is 0 Å². The van der Waals surface area contributed by atoms with Crippen LogP contribution in [0.25, 0.3) is 0 Å². The molecule has 0 saturated heterocycles. The smallest absolute Gasteiger partial charge is 0.0633 e. The minimum Gasteiger partial charge on any atom is -0.255 e. The van der Waals surface area contributed by atoms with Crippen LogP contribution in [0.2, 0.25) is 0 Å². The van der Waals surface area contributed by atoms with Gasteiger partial charge in [0.15, 0.2) is 0 Å². The van der Waals surface area contributed by atoms with Crippen molar-refractivity contribution in [1.29, 1.82) is 0 Å². The Morgan fingerprint density at radius 3 is 2.05 bits per heavy atom. The third-order valence-electron chi connectivity index (χ3n) is 3.50. The molecule has 0 N–H and O–H groups in total. The second kappa shape index (κ2) is 8.93. The van der Waals surface area contributed by atoms with Crippen molar-refractivity contribution in [3.8, 4) is 0 Å². The monoisotopic (exact) mass is 292 g/mol. The van der Waals surface area contributed by atoms with Crippen molar-refractivity contribution in [2.75, 3.05) is 0 Å². The zero-order chi connectivity index (χ0) is 15.6. The molecule has 0 bridgehead atoms. The summed E-state index contributed by atoms with van der Waals surface area (Å²) in [5.74, 6) is 0. The van der Waals surface area contributed by atoms with Gasteiger partial charge in [0.2, 0.25) is 0 Å². The number of aliphatic imine (C=N–C) groups is 2. The first-order valence-corrected chi connectivity index (χ1v) is 8.07. The maximum Gasteiger partial charge on any atom is 0.0633 e. The SMILES string of the molecule is CCCc1ccc(N=CC=Nc2ccccc2)cc1CCC. The van der Waals surface area contributed by atoms with E-state index in [4.69, 9.17) is 0 Å². The van der Waals surface area contributed by atoms with E-state index in [9.17, 15) is 0 Å². The standard InChI is InChI=1S/C20H24N2/c1-3-8-17-12-13-20(16-18(17)9-4-2)22-15-14-21-19-10-6-5-7-11-19/h5-7,10-16H,3-4,8-9H2,1-2H3. The van der Waals surface area contributed by atoms with E-state index in [0.717, 1.165) is 24.2 Å². The Labute approximate surface area is 133 Å². The molecule has 2 nitrogen and oxygen atoms in total. The molecule has 0 spiro atoms. The lowest BCUT2D eigenvalue weighted by Gasteiger charge is -2.08. The zero-order valence-corrected chi connectivity index (χ0v) is 13.5. The van der Waals surface area contributed by atoms with Crippen molar-refractivity contribution in [2.45, 2.75) is 39.5 Å². The Balaban J connectivity index is 2.07. The highest BCUT2D eigenvalue weighted by Crippen LogP contribution is 2.21. The molecule has 0 aliphatic heterocycles. The number of para-hydroxylation sites is 1. The van der Waals surface area contributed by atoms with Crippen LogP contribution in [0, 0.1) is 0 Å².